The first-order valence-corrected chi connectivity index (χ1v) is 7.07. The van der Waals surface area contributed by atoms with Gasteiger partial charge in [0.05, 0.1) is 6.61 Å². The molecule has 108 valence electrons. The minimum absolute atomic E-state index is 0.136. The molecule has 1 aromatic carbocycles. The van der Waals surface area contributed by atoms with Gasteiger partial charge in [-0.25, -0.2) is 0 Å². The maximum Gasteiger partial charge on any atom is 0.0606 e. The molecule has 0 aliphatic heterocycles. The molecule has 0 spiro atoms. The zero-order valence-corrected chi connectivity index (χ0v) is 13.0. The Bertz CT molecular complexity index is 396. The van der Waals surface area contributed by atoms with Crippen LogP contribution in [0.4, 0.5) is 5.69 Å². The lowest BCUT2D eigenvalue weighted by atomic mass is 10.0. The molecule has 0 bridgehead atoms. The molecule has 0 saturated carbocycles. The number of aliphatic hydroxyl groups excluding tert-OH is 1. The summed E-state index contributed by atoms with van der Waals surface area (Å²) >= 11 is 0. The van der Waals surface area contributed by atoms with Crippen LogP contribution in [0.2, 0.25) is 0 Å². The Kier molecular flexibility index (Phi) is 5.83. The van der Waals surface area contributed by atoms with Crippen molar-refractivity contribution in [2.24, 2.45) is 0 Å². The molecule has 0 atom stereocenters. The van der Waals surface area contributed by atoms with Gasteiger partial charge in [-0.1, -0.05) is 6.07 Å². The third-order valence-corrected chi connectivity index (χ3v) is 3.25. The highest BCUT2D eigenvalue weighted by atomic mass is 16.3. The summed E-state index contributed by atoms with van der Waals surface area (Å²) in [6, 6.07) is 6.54. The van der Waals surface area contributed by atoms with Crippen LogP contribution in [0.3, 0.4) is 0 Å². The Balaban J connectivity index is 2.79. The molecule has 0 saturated heterocycles. The van der Waals surface area contributed by atoms with Gasteiger partial charge in [0.1, 0.15) is 0 Å². The summed E-state index contributed by atoms with van der Waals surface area (Å²) in [5.74, 6) is 0. The molecule has 3 nitrogen and oxygen atoms in total. The highest BCUT2D eigenvalue weighted by Gasteiger charge is 2.10. The number of likely N-dealkylation sites (N-methyl/N-ethyl adjacent to an activating group) is 1. The number of aryl methyl sites for hydroxylation is 1. The average molecular weight is 264 g/mol. The van der Waals surface area contributed by atoms with E-state index in [0.29, 0.717) is 6.54 Å². The van der Waals surface area contributed by atoms with Crippen molar-refractivity contribution in [1.82, 2.24) is 5.32 Å². The van der Waals surface area contributed by atoms with Crippen LogP contribution in [-0.4, -0.2) is 30.3 Å². The van der Waals surface area contributed by atoms with E-state index in [1.807, 2.05) is 0 Å². The van der Waals surface area contributed by atoms with E-state index in [4.69, 9.17) is 5.11 Å². The molecule has 3 heteroatoms. The average Bonchev–Trinajstić information content (AvgIpc) is 2.33. The normalized spacial score (nSPS) is 11.7. The molecule has 0 radical (unpaired) electrons. The lowest BCUT2D eigenvalue weighted by Crippen LogP contribution is -2.35. The molecule has 0 aliphatic rings. The number of aliphatic hydroxyl groups is 1. The molecule has 0 unspecified atom stereocenters. The van der Waals surface area contributed by atoms with E-state index in [1.54, 1.807) is 0 Å². The van der Waals surface area contributed by atoms with Gasteiger partial charge >= 0.3 is 0 Å². The number of hydrogen-bond acceptors (Lipinski definition) is 3. The number of nitrogens with one attached hydrogen (secondary N) is 1. The van der Waals surface area contributed by atoms with Gasteiger partial charge in [-0.05, 0) is 57.9 Å². The SMILES string of the molecule is CCN(CCO)c1ccc(CNC(C)(C)C)c(C)c1. The molecule has 2 N–H and O–H groups in total. The third-order valence-electron chi connectivity index (χ3n) is 3.25. The van der Waals surface area contributed by atoms with Gasteiger partial charge in [-0.3, -0.25) is 0 Å². The van der Waals surface area contributed by atoms with Crippen molar-refractivity contribution < 1.29 is 5.11 Å². The number of anilines is 1. The largest absolute Gasteiger partial charge is 0.395 e. The van der Waals surface area contributed by atoms with E-state index in [1.165, 1.54) is 16.8 Å². The molecule has 0 amide bonds. The van der Waals surface area contributed by atoms with E-state index in [2.05, 4.69) is 63.0 Å². The fraction of sp³-hybridized carbons (Fsp3) is 0.625. The maximum atomic E-state index is 9.08. The van der Waals surface area contributed by atoms with Gasteiger partial charge in [0.15, 0.2) is 0 Å². The fourth-order valence-electron chi connectivity index (χ4n) is 2.03. The molecular weight excluding hydrogens is 236 g/mol. The van der Waals surface area contributed by atoms with Crippen LogP contribution in [0.5, 0.6) is 0 Å². The highest BCUT2D eigenvalue weighted by Crippen LogP contribution is 2.19. The van der Waals surface area contributed by atoms with Crippen LogP contribution in [0, 0.1) is 6.92 Å². The van der Waals surface area contributed by atoms with Crippen molar-refractivity contribution in [3.8, 4) is 0 Å². The standard InChI is InChI=1S/C16H28N2O/c1-6-18(9-10-19)15-8-7-14(13(2)11-15)12-17-16(3,4)5/h7-8,11,17,19H,6,9-10,12H2,1-5H3. The summed E-state index contributed by atoms with van der Waals surface area (Å²) in [6.07, 6.45) is 0. The zero-order chi connectivity index (χ0) is 14.5. The predicted octanol–water partition coefficient (Wildman–Crippen LogP) is 2.70. The Hall–Kier alpha value is -1.06. The first kappa shape index (κ1) is 16.0. The van der Waals surface area contributed by atoms with Crippen molar-refractivity contribution in [3.63, 3.8) is 0 Å². The summed E-state index contributed by atoms with van der Waals surface area (Å²) in [4.78, 5) is 2.19. The lowest BCUT2D eigenvalue weighted by molar-refractivity contribution is 0.302. The van der Waals surface area contributed by atoms with Gasteiger partial charge < -0.3 is 15.3 Å². The fourth-order valence-corrected chi connectivity index (χ4v) is 2.03. The molecule has 0 aliphatic carbocycles. The number of nitrogens with zero attached hydrogens (tertiary/aromatic N) is 1. The zero-order valence-electron chi connectivity index (χ0n) is 13.0. The quantitative estimate of drug-likeness (QED) is 0.829. The van der Waals surface area contributed by atoms with E-state index in [-0.39, 0.29) is 12.1 Å². The van der Waals surface area contributed by atoms with Gasteiger partial charge in [0.25, 0.3) is 0 Å². The second kappa shape index (κ2) is 6.92. The van der Waals surface area contributed by atoms with Crippen LogP contribution >= 0.6 is 0 Å². The Morgan fingerprint density at radius 3 is 2.42 bits per heavy atom. The highest BCUT2D eigenvalue weighted by molar-refractivity contribution is 5.50. The van der Waals surface area contributed by atoms with Crippen LogP contribution in [0.1, 0.15) is 38.8 Å². The minimum atomic E-state index is 0.136. The van der Waals surface area contributed by atoms with Crippen LogP contribution in [0.25, 0.3) is 0 Å². The Morgan fingerprint density at radius 1 is 1.26 bits per heavy atom. The summed E-state index contributed by atoms with van der Waals surface area (Å²) in [5.41, 5.74) is 3.95. The van der Waals surface area contributed by atoms with Crippen molar-refractivity contribution >= 4 is 5.69 Å². The van der Waals surface area contributed by atoms with E-state index in [9.17, 15) is 0 Å². The van der Waals surface area contributed by atoms with Crippen molar-refractivity contribution in [3.05, 3.63) is 29.3 Å². The molecule has 0 heterocycles. The van der Waals surface area contributed by atoms with E-state index in [0.717, 1.165) is 13.1 Å². The summed E-state index contributed by atoms with van der Waals surface area (Å²) in [7, 11) is 0. The summed E-state index contributed by atoms with van der Waals surface area (Å²) in [6.45, 7) is 13.5. The molecule has 19 heavy (non-hydrogen) atoms. The molecule has 0 fully saturated rings. The van der Waals surface area contributed by atoms with Gasteiger partial charge in [0.2, 0.25) is 0 Å². The summed E-state index contributed by atoms with van der Waals surface area (Å²) in [5, 5.41) is 12.6. The second-order valence-electron chi connectivity index (χ2n) is 6.02. The predicted molar refractivity (Wildman–Crippen MR) is 82.7 cm³/mol. The number of rotatable bonds is 6. The second-order valence-corrected chi connectivity index (χ2v) is 6.02. The van der Waals surface area contributed by atoms with Crippen molar-refractivity contribution in [1.29, 1.82) is 0 Å². The van der Waals surface area contributed by atoms with Crippen molar-refractivity contribution in [2.75, 3.05) is 24.6 Å². The third kappa shape index (κ3) is 5.21. The van der Waals surface area contributed by atoms with Crippen LogP contribution in [-0.2, 0) is 6.54 Å². The minimum Gasteiger partial charge on any atom is -0.395 e. The van der Waals surface area contributed by atoms with E-state index < -0.39 is 0 Å². The van der Waals surface area contributed by atoms with Gasteiger partial charge in [-0.15, -0.1) is 0 Å². The van der Waals surface area contributed by atoms with E-state index >= 15 is 0 Å². The Labute approximate surface area is 117 Å². The van der Waals surface area contributed by atoms with Crippen LogP contribution in [0.15, 0.2) is 18.2 Å². The first-order chi connectivity index (χ1) is 8.87. The number of hydrogen-bond donors (Lipinski definition) is 2. The monoisotopic (exact) mass is 264 g/mol. The topological polar surface area (TPSA) is 35.5 Å². The van der Waals surface area contributed by atoms with Gasteiger partial charge in [0, 0.05) is 30.9 Å². The van der Waals surface area contributed by atoms with Crippen LogP contribution < -0.4 is 10.2 Å². The Morgan fingerprint density at radius 2 is 1.95 bits per heavy atom. The smallest absolute Gasteiger partial charge is 0.0606 e. The molecule has 1 rings (SSSR count). The maximum absolute atomic E-state index is 9.08. The summed E-state index contributed by atoms with van der Waals surface area (Å²) < 4.78 is 0. The first-order valence-electron chi connectivity index (χ1n) is 7.07. The number of benzene rings is 1. The van der Waals surface area contributed by atoms with Gasteiger partial charge in [-0.2, -0.15) is 0 Å². The van der Waals surface area contributed by atoms with Crippen molar-refractivity contribution in [2.45, 2.75) is 46.7 Å². The molecule has 1 aromatic rings. The molecular formula is C16H28N2O. The lowest BCUT2D eigenvalue weighted by Gasteiger charge is -2.24. The molecule has 0 aromatic heterocycles.